The Morgan fingerprint density at radius 3 is 2.64 bits per heavy atom. The number of hydrogen-bond donors (Lipinski definition) is 1. The predicted octanol–water partition coefficient (Wildman–Crippen LogP) is 4.27. The lowest BCUT2D eigenvalue weighted by molar-refractivity contribution is 0.234. The summed E-state index contributed by atoms with van der Waals surface area (Å²) in [5.41, 5.74) is 0. The van der Waals surface area contributed by atoms with Gasteiger partial charge in [-0.3, -0.25) is 0 Å². The van der Waals surface area contributed by atoms with Gasteiger partial charge in [-0.15, -0.1) is 11.8 Å². The van der Waals surface area contributed by atoms with Crippen molar-refractivity contribution in [1.82, 2.24) is 10.2 Å². The summed E-state index contributed by atoms with van der Waals surface area (Å²) in [4.78, 5) is 3.90. The van der Waals surface area contributed by atoms with Gasteiger partial charge < -0.3 is 10.2 Å². The number of hydrogen-bond acceptors (Lipinski definition) is 3. The average Bonchev–Trinajstić information content (AvgIpc) is 2.56. The Bertz CT molecular complexity index is 376. The van der Waals surface area contributed by atoms with Crippen molar-refractivity contribution in [2.24, 2.45) is 5.92 Å². The number of rotatable bonds is 10. The van der Waals surface area contributed by atoms with Gasteiger partial charge in [0.2, 0.25) is 0 Å². The number of nitrogens with one attached hydrogen (secondary N) is 1. The van der Waals surface area contributed by atoms with Crippen LogP contribution in [0.2, 0.25) is 0 Å². The Labute approximate surface area is 141 Å². The van der Waals surface area contributed by atoms with Crippen LogP contribution in [0.25, 0.3) is 0 Å². The van der Waals surface area contributed by atoms with Gasteiger partial charge in [0.15, 0.2) is 0 Å². The fourth-order valence-corrected chi connectivity index (χ4v) is 4.07. The van der Waals surface area contributed by atoms with E-state index in [1.54, 1.807) is 0 Å². The Morgan fingerprint density at radius 1 is 1.09 bits per heavy atom. The van der Waals surface area contributed by atoms with E-state index in [-0.39, 0.29) is 0 Å². The van der Waals surface area contributed by atoms with Gasteiger partial charge in [-0.1, -0.05) is 37.5 Å². The number of thioether (sulfide) groups is 1. The third kappa shape index (κ3) is 7.66. The zero-order valence-electron chi connectivity index (χ0n) is 14.1. The lowest BCUT2D eigenvalue weighted by atomic mass is 9.89. The normalized spacial score (nSPS) is 16.3. The maximum absolute atomic E-state index is 3.58. The second-order valence-electron chi connectivity index (χ2n) is 6.53. The molecule has 0 atom stereocenters. The van der Waals surface area contributed by atoms with Crippen LogP contribution in [0, 0.1) is 5.92 Å². The molecule has 22 heavy (non-hydrogen) atoms. The van der Waals surface area contributed by atoms with Crippen LogP contribution in [0.1, 0.15) is 38.5 Å². The summed E-state index contributed by atoms with van der Waals surface area (Å²) in [5.74, 6) is 2.16. The highest BCUT2D eigenvalue weighted by molar-refractivity contribution is 7.99. The summed E-state index contributed by atoms with van der Waals surface area (Å²) in [6, 6.07) is 10.7. The molecule has 0 saturated heterocycles. The van der Waals surface area contributed by atoms with E-state index in [0.29, 0.717) is 0 Å². The van der Waals surface area contributed by atoms with Crippen LogP contribution < -0.4 is 5.32 Å². The van der Waals surface area contributed by atoms with E-state index < -0.39 is 0 Å². The van der Waals surface area contributed by atoms with Gasteiger partial charge in [0.05, 0.1) is 0 Å². The average molecular weight is 321 g/mol. The van der Waals surface area contributed by atoms with Gasteiger partial charge in [0.1, 0.15) is 0 Å². The smallest absolute Gasteiger partial charge is 0.0104 e. The zero-order chi connectivity index (χ0) is 15.5. The molecule has 1 fully saturated rings. The highest BCUT2D eigenvalue weighted by atomic mass is 32.2. The second-order valence-corrected chi connectivity index (χ2v) is 7.70. The minimum atomic E-state index is 0.959. The Balaban J connectivity index is 1.42. The summed E-state index contributed by atoms with van der Waals surface area (Å²) in [5, 5.41) is 3.58. The van der Waals surface area contributed by atoms with Crippen molar-refractivity contribution >= 4 is 11.8 Å². The van der Waals surface area contributed by atoms with Crippen molar-refractivity contribution in [3.63, 3.8) is 0 Å². The molecule has 1 N–H and O–H groups in total. The Morgan fingerprint density at radius 2 is 1.86 bits per heavy atom. The Hall–Kier alpha value is -0.510. The second kappa shape index (κ2) is 11.1. The van der Waals surface area contributed by atoms with Crippen LogP contribution in [0.4, 0.5) is 0 Å². The van der Waals surface area contributed by atoms with Gasteiger partial charge >= 0.3 is 0 Å². The summed E-state index contributed by atoms with van der Waals surface area (Å²) in [6.07, 6.45) is 8.52. The highest BCUT2D eigenvalue weighted by Crippen LogP contribution is 2.23. The predicted molar refractivity (Wildman–Crippen MR) is 98.7 cm³/mol. The van der Waals surface area contributed by atoms with E-state index in [2.05, 4.69) is 47.6 Å². The first kappa shape index (κ1) is 17.8. The summed E-state index contributed by atoms with van der Waals surface area (Å²) < 4.78 is 0. The van der Waals surface area contributed by atoms with Crippen LogP contribution in [-0.2, 0) is 0 Å². The van der Waals surface area contributed by atoms with Crippen molar-refractivity contribution < 1.29 is 0 Å². The largest absolute Gasteiger partial charge is 0.315 e. The van der Waals surface area contributed by atoms with E-state index in [1.165, 1.54) is 62.3 Å². The molecule has 0 heterocycles. The summed E-state index contributed by atoms with van der Waals surface area (Å²) in [7, 11) is 2.28. The first-order chi connectivity index (χ1) is 10.8. The number of likely N-dealkylation sites (N-methyl/N-ethyl adjacent to an activating group) is 1. The molecule has 0 aromatic heterocycles. The molecular weight excluding hydrogens is 288 g/mol. The highest BCUT2D eigenvalue weighted by Gasteiger charge is 2.14. The van der Waals surface area contributed by atoms with Gasteiger partial charge in [-0.25, -0.2) is 0 Å². The third-order valence-corrected chi connectivity index (χ3v) is 5.57. The summed E-state index contributed by atoms with van der Waals surface area (Å²) in [6.45, 7) is 4.74. The van der Waals surface area contributed by atoms with E-state index in [9.17, 15) is 0 Å². The SMILES string of the molecule is CN(CCNCCCSc1ccccc1)CC1CCCCC1. The van der Waals surface area contributed by atoms with Crippen LogP contribution in [-0.4, -0.2) is 43.9 Å². The third-order valence-electron chi connectivity index (χ3n) is 4.47. The molecule has 3 heteroatoms. The van der Waals surface area contributed by atoms with Crippen LogP contribution in [0.3, 0.4) is 0 Å². The quantitative estimate of drug-likeness (QED) is 0.512. The molecule has 2 nitrogen and oxygen atoms in total. The van der Waals surface area contributed by atoms with E-state index >= 15 is 0 Å². The number of benzene rings is 1. The molecule has 0 amide bonds. The maximum Gasteiger partial charge on any atom is 0.0104 e. The maximum atomic E-state index is 3.58. The molecule has 2 rings (SSSR count). The van der Waals surface area contributed by atoms with E-state index in [1.807, 2.05) is 11.8 Å². The lowest BCUT2D eigenvalue weighted by Gasteiger charge is -2.27. The van der Waals surface area contributed by atoms with Gasteiger partial charge in [0.25, 0.3) is 0 Å². The van der Waals surface area contributed by atoms with Gasteiger partial charge in [0, 0.05) is 24.5 Å². The molecule has 1 aliphatic rings. The minimum absolute atomic E-state index is 0.959. The molecule has 1 saturated carbocycles. The molecule has 0 bridgehead atoms. The first-order valence-corrected chi connectivity index (χ1v) is 9.90. The molecule has 1 aromatic rings. The molecule has 0 radical (unpaired) electrons. The van der Waals surface area contributed by atoms with Crippen LogP contribution in [0.15, 0.2) is 35.2 Å². The van der Waals surface area contributed by atoms with Gasteiger partial charge in [-0.05, 0) is 56.7 Å². The van der Waals surface area contributed by atoms with Gasteiger partial charge in [-0.2, -0.15) is 0 Å². The van der Waals surface area contributed by atoms with E-state index in [0.717, 1.165) is 19.0 Å². The van der Waals surface area contributed by atoms with Crippen molar-refractivity contribution in [2.75, 3.05) is 39.0 Å². The summed E-state index contributed by atoms with van der Waals surface area (Å²) >= 11 is 1.96. The number of nitrogens with zero attached hydrogens (tertiary/aromatic N) is 1. The molecule has 1 aromatic carbocycles. The molecule has 0 unspecified atom stereocenters. The standard InChI is InChI=1S/C19H32N2S/c1-21(17-18-9-4-2-5-10-18)15-14-20-13-8-16-22-19-11-6-3-7-12-19/h3,6-7,11-12,18,20H,2,4-5,8-10,13-17H2,1H3. The lowest BCUT2D eigenvalue weighted by Crippen LogP contribution is -2.33. The first-order valence-electron chi connectivity index (χ1n) is 8.92. The Kier molecular flexibility index (Phi) is 8.99. The van der Waals surface area contributed by atoms with E-state index in [4.69, 9.17) is 0 Å². The zero-order valence-corrected chi connectivity index (χ0v) is 14.9. The monoisotopic (exact) mass is 320 g/mol. The van der Waals surface area contributed by atoms with Crippen LogP contribution >= 0.6 is 11.8 Å². The fourth-order valence-electron chi connectivity index (χ4n) is 3.20. The molecular formula is C19H32N2S. The molecule has 0 spiro atoms. The topological polar surface area (TPSA) is 15.3 Å². The molecule has 0 aliphatic heterocycles. The molecule has 124 valence electrons. The van der Waals surface area contributed by atoms with Crippen molar-refractivity contribution in [1.29, 1.82) is 0 Å². The minimum Gasteiger partial charge on any atom is -0.315 e. The fraction of sp³-hybridized carbons (Fsp3) is 0.684. The van der Waals surface area contributed by atoms with Crippen molar-refractivity contribution in [3.05, 3.63) is 30.3 Å². The van der Waals surface area contributed by atoms with Crippen LogP contribution in [0.5, 0.6) is 0 Å². The van der Waals surface area contributed by atoms with Crippen molar-refractivity contribution in [2.45, 2.75) is 43.4 Å². The van der Waals surface area contributed by atoms with Crippen molar-refractivity contribution in [3.8, 4) is 0 Å². The molecule has 1 aliphatic carbocycles.